The highest BCUT2D eigenvalue weighted by atomic mass is 16.6. The molecule has 1 fully saturated rings. The zero-order chi connectivity index (χ0) is 14.5. The van der Waals surface area contributed by atoms with Crippen LogP contribution in [0.4, 0.5) is 4.79 Å². The van der Waals surface area contributed by atoms with Gasteiger partial charge in [0.05, 0.1) is 0 Å². The van der Waals surface area contributed by atoms with Gasteiger partial charge in [-0.2, -0.15) is 0 Å². The number of carbonyl (C=O) groups excluding carboxylic acids is 1. The molecule has 0 aliphatic carbocycles. The third-order valence-corrected chi connectivity index (χ3v) is 3.19. The minimum atomic E-state index is -0.436. The molecule has 5 heteroatoms. The van der Waals surface area contributed by atoms with Crippen LogP contribution in [0.3, 0.4) is 0 Å². The number of alkyl carbamates (subject to hydrolysis) is 1. The third-order valence-electron chi connectivity index (χ3n) is 3.19. The van der Waals surface area contributed by atoms with Crippen LogP contribution < -0.4 is 10.6 Å². The number of nitrogens with one attached hydrogen (secondary N) is 2. The Morgan fingerprint density at radius 3 is 2.47 bits per heavy atom. The molecule has 1 rings (SSSR count). The average molecular weight is 271 g/mol. The molecule has 0 aromatic heterocycles. The van der Waals surface area contributed by atoms with Gasteiger partial charge in [0, 0.05) is 18.6 Å². The second-order valence-corrected chi connectivity index (χ2v) is 6.53. The largest absolute Gasteiger partial charge is 0.444 e. The van der Waals surface area contributed by atoms with E-state index in [2.05, 4.69) is 29.5 Å². The highest BCUT2D eigenvalue weighted by Gasteiger charge is 2.19. The SMILES string of the molecule is CC(CNC(=O)OC(C)(C)C)NC1CCN(C)CC1. The molecule has 0 spiro atoms. The summed E-state index contributed by atoms with van der Waals surface area (Å²) in [5.74, 6) is 0. The minimum absolute atomic E-state index is 0.265. The van der Waals surface area contributed by atoms with Crippen LogP contribution in [0, 0.1) is 0 Å². The summed E-state index contributed by atoms with van der Waals surface area (Å²) in [6.07, 6.45) is 2.00. The predicted octanol–water partition coefficient (Wildman–Crippen LogP) is 1.58. The van der Waals surface area contributed by atoms with Crippen molar-refractivity contribution in [1.29, 1.82) is 0 Å². The van der Waals surface area contributed by atoms with Crippen LogP contribution in [0.2, 0.25) is 0 Å². The van der Waals surface area contributed by atoms with Gasteiger partial charge in [0.25, 0.3) is 0 Å². The van der Waals surface area contributed by atoms with E-state index < -0.39 is 5.60 Å². The van der Waals surface area contributed by atoms with Crippen LogP contribution in [-0.4, -0.2) is 55.4 Å². The van der Waals surface area contributed by atoms with Crippen molar-refractivity contribution in [3.05, 3.63) is 0 Å². The number of amides is 1. The van der Waals surface area contributed by atoms with Gasteiger partial charge in [0.15, 0.2) is 0 Å². The van der Waals surface area contributed by atoms with E-state index in [1.54, 1.807) is 0 Å². The van der Waals surface area contributed by atoms with E-state index in [1.165, 1.54) is 12.8 Å². The van der Waals surface area contributed by atoms with E-state index >= 15 is 0 Å². The van der Waals surface area contributed by atoms with Crippen LogP contribution in [0.5, 0.6) is 0 Å². The standard InChI is InChI=1S/C14H29N3O2/c1-11(10-15-13(18)19-14(2,3)4)16-12-6-8-17(5)9-7-12/h11-12,16H,6-10H2,1-5H3,(H,15,18). The normalized spacial score (nSPS) is 20.1. The number of piperidine rings is 1. The summed E-state index contributed by atoms with van der Waals surface area (Å²) in [4.78, 5) is 13.9. The molecule has 0 saturated carbocycles. The molecule has 1 aliphatic rings. The molecular formula is C14H29N3O2. The number of hydrogen-bond donors (Lipinski definition) is 2. The second kappa shape index (κ2) is 7.10. The first-order chi connectivity index (χ1) is 8.76. The molecule has 5 nitrogen and oxygen atoms in total. The summed E-state index contributed by atoms with van der Waals surface area (Å²) >= 11 is 0. The topological polar surface area (TPSA) is 53.6 Å². The lowest BCUT2D eigenvalue weighted by Crippen LogP contribution is -2.48. The maximum Gasteiger partial charge on any atom is 0.407 e. The Kier molecular flexibility index (Phi) is 6.07. The Morgan fingerprint density at radius 2 is 1.95 bits per heavy atom. The molecule has 1 atom stereocenters. The number of carbonyl (C=O) groups is 1. The van der Waals surface area contributed by atoms with Gasteiger partial charge < -0.3 is 20.3 Å². The highest BCUT2D eigenvalue weighted by molar-refractivity contribution is 5.67. The van der Waals surface area contributed by atoms with Gasteiger partial charge in [-0.1, -0.05) is 0 Å². The molecule has 1 saturated heterocycles. The first-order valence-electron chi connectivity index (χ1n) is 7.18. The van der Waals surface area contributed by atoms with Crippen LogP contribution in [0.25, 0.3) is 0 Å². The van der Waals surface area contributed by atoms with E-state index in [1.807, 2.05) is 20.8 Å². The van der Waals surface area contributed by atoms with Gasteiger partial charge in [-0.05, 0) is 60.7 Å². The molecule has 0 radical (unpaired) electrons. The fourth-order valence-corrected chi connectivity index (χ4v) is 2.19. The molecule has 1 aliphatic heterocycles. The summed E-state index contributed by atoms with van der Waals surface area (Å²) in [5.41, 5.74) is -0.436. The lowest BCUT2D eigenvalue weighted by Gasteiger charge is -2.31. The number of hydrogen-bond acceptors (Lipinski definition) is 4. The van der Waals surface area contributed by atoms with Gasteiger partial charge in [-0.25, -0.2) is 4.79 Å². The van der Waals surface area contributed by atoms with Crippen molar-refractivity contribution >= 4 is 6.09 Å². The average Bonchev–Trinajstić information content (AvgIpc) is 2.27. The monoisotopic (exact) mass is 271 g/mol. The van der Waals surface area contributed by atoms with Crippen molar-refractivity contribution in [3.63, 3.8) is 0 Å². The lowest BCUT2D eigenvalue weighted by molar-refractivity contribution is 0.0522. The smallest absolute Gasteiger partial charge is 0.407 e. The van der Waals surface area contributed by atoms with Crippen molar-refractivity contribution in [2.45, 2.75) is 58.2 Å². The first kappa shape index (κ1) is 16.2. The van der Waals surface area contributed by atoms with Crippen molar-refractivity contribution in [2.75, 3.05) is 26.7 Å². The fraction of sp³-hybridized carbons (Fsp3) is 0.929. The maximum atomic E-state index is 11.5. The molecule has 0 aromatic rings. The van der Waals surface area contributed by atoms with E-state index in [0.29, 0.717) is 12.6 Å². The van der Waals surface area contributed by atoms with Crippen molar-refractivity contribution in [3.8, 4) is 0 Å². The van der Waals surface area contributed by atoms with Crippen molar-refractivity contribution < 1.29 is 9.53 Å². The van der Waals surface area contributed by atoms with Gasteiger partial charge in [0.2, 0.25) is 0 Å². The quantitative estimate of drug-likeness (QED) is 0.815. The summed E-state index contributed by atoms with van der Waals surface area (Å²) in [6, 6.07) is 0.826. The van der Waals surface area contributed by atoms with Crippen LogP contribution >= 0.6 is 0 Å². The summed E-state index contributed by atoms with van der Waals surface area (Å²) in [5, 5.41) is 6.36. The molecule has 1 amide bonds. The zero-order valence-electron chi connectivity index (χ0n) is 13.0. The van der Waals surface area contributed by atoms with E-state index in [9.17, 15) is 4.79 Å². The predicted molar refractivity (Wildman–Crippen MR) is 77.4 cm³/mol. The highest BCUT2D eigenvalue weighted by Crippen LogP contribution is 2.09. The van der Waals surface area contributed by atoms with Crippen LogP contribution in [0.15, 0.2) is 0 Å². The maximum absolute atomic E-state index is 11.5. The molecule has 0 bridgehead atoms. The molecule has 112 valence electrons. The van der Waals surface area contributed by atoms with E-state index in [0.717, 1.165) is 13.1 Å². The molecule has 19 heavy (non-hydrogen) atoms. The number of nitrogens with zero attached hydrogens (tertiary/aromatic N) is 1. The summed E-state index contributed by atoms with van der Waals surface area (Å²) < 4.78 is 5.21. The number of ether oxygens (including phenoxy) is 1. The fourth-order valence-electron chi connectivity index (χ4n) is 2.19. The zero-order valence-corrected chi connectivity index (χ0v) is 13.0. The van der Waals surface area contributed by atoms with Gasteiger partial charge in [-0.3, -0.25) is 0 Å². The Morgan fingerprint density at radius 1 is 1.37 bits per heavy atom. The number of likely N-dealkylation sites (tertiary alicyclic amines) is 1. The van der Waals surface area contributed by atoms with E-state index in [4.69, 9.17) is 4.74 Å². The van der Waals surface area contributed by atoms with E-state index in [-0.39, 0.29) is 12.1 Å². The Balaban J connectivity index is 2.17. The number of rotatable bonds is 4. The first-order valence-corrected chi connectivity index (χ1v) is 7.18. The van der Waals surface area contributed by atoms with Crippen LogP contribution in [0.1, 0.15) is 40.5 Å². The Hall–Kier alpha value is -0.810. The van der Waals surface area contributed by atoms with Gasteiger partial charge >= 0.3 is 6.09 Å². The third kappa shape index (κ3) is 7.38. The van der Waals surface area contributed by atoms with Crippen molar-refractivity contribution in [1.82, 2.24) is 15.5 Å². The lowest BCUT2D eigenvalue weighted by atomic mass is 10.0. The molecule has 1 heterocycles. The van der Waals surface area contributed by atoms with Crippen LogP contribution in [-0.2, 0) is 4.74 Å². The molecule has 1 unspecified atom stereocenters. The van der Waals surface area contributed by atoms with Gasteiger partial charge in [0.1, 0.15) is 5.60 Å². The summed E-state index contributed by atoms with van der Waals surface area (Å²) in [7, 11) is 2.16. The van der Waals surface area contributed by atoms with Crippen molar-refractivity contribution in [2.24, 2.45) is 0 Å². The molecular weight excluding hydrogens is 242 g/mol. The second-order valence-electron chi connectivity index (χ2n) is 6.53. The Bertz CT molecular complexity index is 281. The molecule has 2 N–H and O–H groups in total. The molecule has 0 aromatic carbocycles. The Labute approximate surface area is 117 Å². The minimum Gasteiger partial charge on any atom is -0.444 e. The summed E-state index contributed by atoms with van der Waals surface area (Å²) in [6.45, 7) is 10.6. The van der Waals surface area contributed by atoms with Gasteiger partial charge in [-0.15, -0.1) is 0 Å².